The maximum atomic E-state index is 13.2. The molecule has 1 saturated carbocycles. The van der Waals surface area contributed by atoms with E-state index in [2.05, 4.69) is 5.32 Å². The van der Waals surface area contributed by atoms with Crippen LogP contribution in [0.15, 0.2) is 18.2 Å². The Hall–Kier alpha value is -2.11. The molecule has 1 heterocycles. The first-order valence-corrected chi connectivity index (χ1v) is 7.22. The van der Waals surface area contributed by atoms with E-state index in [1.54, 1.807) is 4.90 Å². The lowest BCUT2D eigenvalue weighted by Gasteiger charge is -2.24. The number of rotatable bonds is 3. The monoisotopic (exact) mass is 291 g/mol. The minimum atomic E-state index is -0.545. The van der Waals surface area contributed by atoms with Crippen molar-refractivity contribution in [3.8, 4) is 0 Å². The number of halogens is 1. The fourth-order valence-corrected chi connectivity index (χ4v) is 2.65. The molecule has 1 aliphatic heterocycles. The van der Waals surface area contributed by atoms with Crippen LogP contribution in [0.5, 0.6) is 0 Å². The third-order valence-electron chi connectivity index (χ3n) is 3.98. The second-order valence-electron chi connectivity index (χ2n) is 5.68. The summed E-state index contributed by atoms with van der Waals surface area (Å²) in [4.78, 5) is 26.2. The zero-order valence-corrected chi connectivity index (χ0v) is 11.6. The van der Waals surface area contributed by atoms with Gasteiger partial charge in [-0.25, -0.2) is 4.39 Å². The summed E-state index contributed by atoms with van der Waals surface area (Å²) in [6.07, 6.45) is 3.49. The Labute approximate surface area is 122 Å². The van der Waals surface area contributed by atoms with Crippen molar-refractivity contribution in [2.75, 3.05) is 12.3 Å². The van der Waals surface area contributed by atoms with Gasteiger partial charge in [-0.1, -0.05) is 0 Å². The van der Waals surface area contributed by atoms with Gasteiger partial charge < -0.3 is 16.0 Å². The van der Waals surface area contributed by atoms with Crippen molar-refractivity contribution >= 4 is 17.5 Å². The summed E-state index contributed by atoms with van der Waals surface area (Å²) in [6.45, 7) is 0.541. The van der Waals surface area contributed by atoms with Gasteiger partial charge in [-0.05, 0) is 43.9 Å². The summed E-state index contributed by atoms with van der Waals surface area (Å²) in [6, 6.07) is 3.76. The van der Waals surface area contributed by atoms with Gasteiger partial charge in [-0.3, -0.25) is 9.59 Å². The highest BCUT2D eigenvalue weighted by Gasteiger charge is 2.36. The molecule has 1 aliphatic carbocycles. The molecule has 2 amide bonds. The standard InChI is InChI=1S/C15H18FN3O2/c16-11-6-3-9(8-12(11)17)15(21)19-7-1-2-13(19)14(20)18-10-4-5-10/h3,6,8,10,13H,1-2,4-5,7,17H2,(H,18,20). The van der Waals surface area contributed by atoms with E-state index in [-0.39, 0.29) is 23.5 Å². The Balaban J connectivity index is 1.75. The maximum Gasteiger partial charge on any atom is 0.254 e. The summed E-state index contributed by atoms with van der Waals surface area (Å²) in [5.41, 5.74) is 5.76. The Morgan fingerprint density at radius 2 is 2.05 bits per heavy atom. The molecule has 3 rings (SSSR count). The maximum absolute atomic E-state index is 13.2. The molecule has 6 heteroatoms. The summed E-state index contributed by atoms with van der Waals surface area (Å²) >= 11 is 0. The number of amides is 2. The van der Waals surface area contributed by atoms with E-state index in [1.807, 2.05) is 0 Å². The molecule has 2 aliphatic rings. The van der Waals surface area contributed by atoms with Crippen molar-refractivity contribution in [1.29, 1.82) is 0 Å². The first kappa shape index (κ1) is 13.9. The molecule has 1 aromatic carbocycles. The smallest absolute Gasteiger partial charge is 0.254 e. The van der Waals surface area contributed by atoms with Crippen molar-refractivity contribution in [3.63, 3.8) is 0 Å². The number of nitrogen functional groups attached to an aromatic ring is 1. The molecule has 0 aromatic heterocycles. The number of benzene rings is 1. The lowest BCUT2D eigenvalue weighted by Crippen LogP contribution is -2.46. The predicted octanol–water partition coefficient (Wildman–Crippen LogP) is 1.29. The summed E-state index contributed by atoms with van der Waals surface area (Å²) in [7, 11) is 0. The van der Waals surface area contributed by atoms with Crippen LogP contribution in [-0.4, -0.2) is 35.3 Å². The van der Waals surface area contributed by atoms with Crippen LogP contribution >= 0.6 is 0 Å². The third-order valence-corrected chi connectivity index (χ3v) is 3.98. The van der Waals surface area contributed by atoms with E-state index >= 15 is 0 Å². The first-order valence-electron chi connectivity index (χ1n) is 7.22. The van der Waals surface area contributed by atoms with Crippen LogP contribution in [0.4, 0.5) is 10.1 Å². The lowest BCUT2D eigenvalue weighted by atomic mass is 10.1. The number of anilines is 1. The van der Waals surface area contributed by atoms with Crippen LogP contribution in [0.3, 0.4) is 0 Å². The highest BCUT2D eigenvalue weighted by atomic mass is 19.1. The minimum absolute atomic E-state index is 0.0565. The zero-order chi connectivity index (χ0) is 15.0. The molecular formula is C15H18FN3O2. The number of carbonyl (C=O) groups is 2. The highest BCUT2D eigenvalue weighted by molar-refractivity contribution is 5.98. The second-order valence-corrected chi connectivity index (χ2v) is 5.68. The average molecular weight is 291 g/mol. The molecule has 2 fully saturated rings. The normalized spacial score (nSPS) is 21.4. The van der Waals surface area contributed by atoms with Gasteiger partial charge in [-0.15, -0.1) is 0 Å². The Morgan fingerprint density at radius 1 is 1.29 bits per heavy atom. The van der Waals surface area contributed by atoms with Crippen LogP contribution in [0.25, 0.3) is 0 Å². The average Bonchev–Trinajstić information content (AvgIpc) is 3.14. The molecule has 1 saturated heterocycles. The van der Waals surface area contributed by atoms with Crippen LogP contribution in [0.2, 0.25) is 0 Å². The van der Waals surface area contributed by atoms with E-state index in [4.69, 9.17) is 5.73 Å². The van der Waals surface area contributed by atoms with Gasteiger partial charge in [0.1, 0.15) is 11.9 Å². The fourth-order valence-electron chi connectivity index (χ4n) is 2.65. The van der Waals surface area contributed by atoms with Gasteiger partial charge in [0.2, 0.25) is 5.91 Å². The Kier molecular flexibility index (Phi) is 3.53. The SMILES string of the molecule is Nc1cc(C(=O)N2CCCC2C(=O)NC2CC2)ccc1F. The van der Waals surface area contributed by atoms with Crippen LogP contribution in [0, 0.1) is 5.82 Å². The Bertz CT molecular complexity index is 586. The molecule has 1 atom stereocenters. The lowest BCUT2D eigenvalue weighted by molar-refractivity contribution is -0.125. The number of carbonyl (C=O) groups excluding carboxylic acids is 2. The van der Waals surface area contributed by atoms with Crippen molar-refractivity contribution in [1.82, 2.24) is 10.2 Å². The molecule has 1 unspecified atom stereocenters. The number of nitrogens with one attached hydrogen (secondary N) is 1. The van der Waals surface area contributed by atoms with Crippen molar-refractivity contribution in [2.45, 2.75) is 37.8 Å². The van der Waals surface area contributed by atoms with Crippen molar-refractivity contribution in [3.05, 3.63) is 29.6 Å². The summed E-state index contributed by atoms with van der Waals surface area (Å²) < 4.78 is 13.2. The van der Waals surface area contributed by atoms with Gasteiger partial charge >= 0.3 is 0 Å². The molecule has 112 valence electrons. The van der Waals surface area contributed by atoms with E-state index in [0.717, 1.165) is 19.3 Å². The van der Waals surface area contributed by atoms with E-state index < -0.39 is 11.9 Å². The second kappa shape index (κ2) is 5.35. The summed E-state index contributed by atoms with van der Waals surface area (Å²) in [5.74, 6) is -0.899. The van der Waals surface area contributed by atoms with E-state index in [1.165, 1.54) is 18.2 Å². The Morgan fingerprint density at radius 3 is 2.71 bits per heavy atom. The van der Waals surface area contributed by atoms with Gasteiger partial charge in [0.25, 0.3) is 5.91 Å². The summed E-state index contributed by atoms with van der Waals surface area (Å²) in [5, 5.41) is 2.94. The van der Waals surface area contributed by atoms with Crippen molar-refractivity contribution < 1.29 is 14.0 Å². The molecule has 1 aromatic rings. The third kappa shape index (κ3) is 2.84. The molecular weight excluding hydrogens is 273 g/mol. The van der Waals surface area contributed by atoms with Gasteiger partial charge in [0.05, 0.1) is 5.69 Å². The van der Waals surface area contributed by atoms with Crippen LogP contribution in [-0.2, 0) is 4.79 Å². The molecule has 3 N–H and O–H groups in total. The molecule has 0 radical (unpaired) electrons. The van der Waals surface area contributed by atoms with Crippen molar-refractivity contribution in [2.24, 2.45) is 0 Å². The quantitative estimate of drug-likeness (QED) is 0.824. The number of likely N-dealkylation sites (tertiary alicyclic amines) is 1. The van der Waals surface area contributed by atoms with Crippen LogP contribution in [0.1, 0.15) is 36.0 Å². The van der Waals surface area contributed by atoms with Gasteiger partial charge in [-0.2, -0.15) is 0 Å². The van der Waals surface area contributed by atoms with Gasteiger partial charge in [0, 0.05) is 18.2 Å². The number of hydrogen-bond donors (Lipinski definition) is 2. The van der Waals surface area contributed by atoms with Crippen LogP contribution < -0.4 is 11.1 Å². The first-order chi connectivity index (χ1) is 10.1. The molecule has 0 bridgehead atoms. The largest absolute Gasteiger partial charge is 0.396 e. The minimum Gasteiger partial charge on any atom is -0.396 e. The fraction of sp³-hybridized carbons (Fsp3) is 0.467. The highest BCUT2D eigenvalue weighted by Crippen LogP contribution is 2.24. The number of nitrogens with zero attached hydrogens (tertiary/aromatic N) is 1. The van der Waals surface area contributed by atoms with E-state index in [9.17, 15) is 14.0 Å². The topological polar surface area (TPSA) is 75.4 Å². The molecule has 0 spiro atoms. The predicted molar refractivity (Wildman–Crippen MR) is 76.0 cm³/mol. The number of hydrogen-bond acceptors (Lipinski definition) is 3. The van der Waals surface area contributed by atoms with Gasteiger partial charge in [0.15, 0.2) is 0 Å². The van der Waals surface area contributed by atoms with E-state index in [0.29, 0.717) is 18.5 Å². The zero-order valence-electron chi connectivity index (χ0n) is 11.6. The molecule has 21 heavy (non-hydrogen) atoms. The molecule has 5 nitrogen and oxygen atoms in total. The number of nitrogens with two attached hydrogens (primary N) is 1.